The molecule has 4 bridgehead atoms. The SMILES string of the molecule is c1cn(CCOc2ccc([C@H]3CC[C@]4(CC3)OO[C@]3(O4)C4CC5CC(C4)CC3C5)cc2)cn1. The number of imidazole rings is 1. The molecule has 6 aliphatic rings. The van der Waals surface area contributed by atoms with E-state index in [0.717, 1.165) is 49.8 Å². The summed E-state index contributed by atoms with van der Waals surface area (Å²) in [4.78, 5) is 16.3. The highest BCUT2D eigenvalue weighted by Crippen LogP contribution is 2.64. The Balaban J connectivity index is 0.956. The van der Waals surface area contributed by atoms with Crippen LogP contribution in [0, 0.1) is 23.7 Å². The number of rotatable bonds is 5. The summed E-state index contributed by atoms with van der Waals surface area (Å²) < 4.78 is 14.8. The van der Waals surface area contributed by atoms with Crippen molar-refractivity contribution in [3.05, 3.63) is 48.5 Å². The van der Waals surface area contributed by atoms with Crippen molar-refractivity contribution in [1.29, 1.82) is 0 Å². The minimum absolute atomic E-state index is 0.448. The van der Waals surface area contributed by atoms with Crippen LogP contribution in [-0.4, -0.2) is 27.7 Å². The third kappa shape index (κ3) is 3.53. The molecule has 1 saturated heterocycles. The molecule has 2 spiro atoms. The maximum atomic E-state index is 6.86. The topological polar surface area (TPSA) is 54.7 Å². The van der Waals surface area contributed by atoms with E-state index in [1.165, 1.54) is 37.7 Å². The molecule has 2 aromatic rings. The Morgan fingerprint density at radius 1 is 0.939 bits per heavy atom. The van der Waals surface area contributed by atoms with Gasteiger partial charge < -0.3 is 14.0 Å². The Morgan fingerprint density at radius 2 is 1.67 bits per heavy atom. The van der Waals surface area contributed by atoms with E-state index in [1.54, 1.807) is 6.20 Å². The molecule has 1 aromatic heterocycles. The van der Waals surface area contributed by atoms with E-state index in [0.29, 0.717) is 24.4 Å². The molecule has 6 heteroatoms. The van der Waals surface area contributed by atoms with Gasteiger partial charge in [-0.1, -0.05) is 12.1 Å². The second-order valence-corrected chi connectivity index (χ2v) is 11.2. The highest BCUT2D eigenvalue weighted by Gasteiger charge is 2.66. The summed E-state index contributed by atoms with van der Waals surface area (Å²) in [7, 11) is 0. The molecular weight excluding hydrogens is 416 g/mol. The first kappa shape index (κ1) is 20.5. The van der Waals surface area contributed by atoms with E-state index >= 15 is 0 Å². The minimum atomic E-state index is -0.526. The average molecular weight is 451 g/mol. The summed E-state index contributed by atoms with van der Waals surface area (Å²) in [5, 5.41) is 0. The molecule has 33 heavy (non-hydrogen) atoms. The number of aromatic nitrogens is 2. The predicted molar refractivity (Wildman–Crippen MR) is 121 cm³/mol. The fourth-order valence-electron chi connectivity index (χ4n) is 7.71. The molecule has 6 fully saturated rings. The lowest BCUT2D eigenvalue weighted by Crippen LogP contribution is -2.59. The van der Waals surface area contributed by atoms with Gasteiger partial charge in [0.05, 0.1) is 12.9 Å². The zero-order valence-corrected chi connectivity index (χ0v) is 19.2. The van der Waals surface area contributed by atoms with Crippen LogP contribution in [0.1, 0.15) is 69.3 Å². The van der Waals surface area contributed by atoms with E-state index in [-0.39, 0.29) is 0 Å². The third-order valence-corrected chi connectivity index (χ3v) is 9.22. The number of hydrogen-bond acceptors (Lipinski definition) is 5. The van der Waals surface area contributed by atoms with Crippen molar-refractivity contribution in [2.45, 2.75) is 81.8 Å². The van der Waals surface area contributed by atoms with Crippen LogP contribution in [0.5, 0.6) is 5.75 Å². The van der Waals surface area contributed by atoms with Crippen LogP contribution in [0.25, 0.3) is 0 Å². The Morgan fingerprint density at radius 3 is 2.33 bits per heavy atom. The van der Waals surface area contributed by atoms with Crippen LogP contribution >= 0.6 is 0 Å². The maximum absolute atomic E-state index is 6.86. The van der Waals surface area contributed by atoms with Crippen molar-refractivity contribution in [2.24, 2.45) is 23.7 Å². The smallest absolute Gasteiger partial charge is 0.210 e. The molecule has 2 heterocycles. The third-order valence-electron chi connectivity index (χ3n) is 9.22. The first-order valence-corrected chi connectivity index (χ1v) is 13.0. The van der Waals surface area contributed by atoms with Crippen LogP contribution in [0.2, 0.25) is 0 Å². The van der Waals surface area contributed by atoms with E-state index in [2.05, 4.69) is 29.2 Å². The van der Waals surface area contributed by atoms with Crippen LogP contribution in [0.15, 0.2) is 43.0 Å². The van der Waals surface area contributed by atoms with Gasteiger partial charge in [-0.15, -0.1) is 0 Å². The Labute approximate surface area is 195 Å². The van der Waals surface area contributed by atoms with Crippen molar-refractivity contribution >= 4 is 0 Å². The van der Waals surface area contributed by atoms with Gasteiger partial charge >= 0.3 is 0 Å². The first-order chi connectivity index (χ1) is 16.2. The van der Waals surface area contributed by atoms with Crippen molar-refractivity contribution in [3.8, 4) is 5.75 Å². The molecule has 5 saturated carbocycles. The van der Waals surface area contributed by atoms with E-state index < -0.39 is 11.6 Å². The van der Waals surface area contributed by atoms with Crippen LogP contribution < -0.4 is 4.74 Å². The molecule has 176 valence electrons. The minimum Gasteiger partial charge on any atom is -0.492 e. The second-order valence-electron chi connectivity index (χ2n) is 11.2. The van der Waals surface area contributed by atoms with Crippen molar-refractivity contribution in [1.82, 2.24) is 9.55 Å². The quantitative estimate of drug-likeness (QED) is 0.567. The van der Waals surface area contributed by atoms with Gasteiger partial charge in [-0.3, -0.25) is 0 Å². The normalized spacial score (nSPS) is 41.3. The molecule has 0 N–H and O–H groups in total. The average Bonchev–Trinajstić information content (AvgIpc) is 3.48. The van der Waals surface area contributed by atoms with Gasteiger partial charge in [-0.05, 0) is 80.4 Å². The molecule has 5 aliphatic carbocycles. The van der Waals surface area contributed by atoms with Crippen molar-refractivity contribution < 1.29 is 19.2 Å². The van der Waals surface area contributed by atoms with Crippen LogP contribution in [0.3, 0.4) is 0 Å². The lowest BCUT2D eigenvalue weighted by Gasteiger charge is -2.57. The lowest BCUT2D eigenvalue weighted by molar-refractivity contribution is -0.390. The molecule has 6 nitrogen and oxygen atoms in total. The summed E-state index contributed by atoms with van der Waals surface area (Å²) in [5.74, 6) is 3.35. The van der Waals surface area contributed by atoms with Gasteiger partial charge in [0, 0.05) is 37.1 Å². The number of nitrogens with zero attached hydrogens (tertiary/aromatic N) is 2. The molecular formula is C27H34N2O4. The summed E-state index contributed by atoms with van der Waals surface area (Å²) in [6.45, 7) is 1.45. The second kappa shape index (κ2) is 7.82. The Hall–Kier alpha value is -1.89. The first-order valence-electron chi connectivity index (χ1n) is 13.0. The molecule has 8 rings (SSSR count). The van der Waals surface area contributed by atoms with Gasteiger partial charge in [-0.2, -0.15) is 9.78 Å². The molecule has 0 atom stereocenters. The van der Waals surface area contributed by atoms with Gasteiger partial charge in [0.25, 0.3) is 0 Å². The summed E-state index contributed by atoms with van der Waals surface area (Å²) in [5.41, 5.74) is 1.38. The van der Waals surface area contributed by atoms with Gasteiger partial charge in [0.2, 0.25) is 11.6 Å². The van der Waals surface area contributed by atoms with Crippen LogP contribution in [-0.2, 0) is 21.1 Å². The van der Waals surface area contributed by atoms with Gasteiger partial charge in [-0.25, -0.2) is 4.98 Å². The number of ether oxygens (including phenoxy) is 2. The number of benzene rings is 1. The van der Waals surface area contributed by atoms with Crippen molar-refractivity contribution in [3.63, 3.8) is 0 Å². The Kier molecular flexibility index (Phi) is 4.86. The van der Waals surface area contributed by atoms with E-state index in [9.17, 15) is 0 Å². The zero-order chi connectivity index (χ0) is 21.9. The van der Waals surface area contributed by atoms with E-state index in [4.69, 9.17) is 19.2 Å². The molecule has 0 amide bonds. The number of hydrogen-bond donors (Lipinski definition) is 0. The molecule has 0 unspecified atom stereocenters. The molecule has 1 aliphatic heterocycles. The highest BCUT2D eigenvalue weighted by atomic mass is 17.3. The van der Waals surface area contributed by atoms with Gasteiger partial charge in [0.1, 0.15) is 12.4 Å². The Bertz CT molecular complexity index is 937. The van der Waals surface area contributed by atoms with Crippen LogP contribution in [0.4, 0.5) is 0 Å². The predicted octanol–water partition coefficient (Wildman–Crippen LogP) is 5.45. The summed E-state index contributed by atoms with van der Waals surface area (Å²) >= 11 is 0. The molecule has 0 radical (unpaired) electrons. The fourth-order valence-corrected chi connectivity index (χ4v) is 7.71. The standard InChI is InChI=1S/C27H34N2O4/c1-3-25(30-12-11-29-10-9-28-18-29)4-2-21(1)22-5-7-26(8-6-22)31-27(33-32-26)23-14-19-13-20(16-23)17-24(27)15-19/h1-4,9-10,18-20,22-24H,5-8,11-17H2/t19?,20?,22-,23?,24?,26+,27-. The lowest BCUT2D eigenvalue weighted by atomic mass is 9.53. The summed E-state index contributed by atoms with van der Waals surface area (Å²) in [6, 6.07) is 8.65. The maximum Gasteiger partial charge on any atom is 0.210 e. The largest absolute Gasteiger partial charge is 0.492 e. The van der Waals surface area contributed by atoms with E-state index in [1.807, 2.05) is 17.1 Å². The molecule has 1 aromatic carbocycles. The zero-order valence-electron chi connectivity index (χ0n) is 19.2. The highest BCUT2D eigenvalue weighted by molar-refractivity contribution is 5.30. The van der Waals surface area contributed by atoms with Crippen molar-refractivity contribution in [2.75, 3.05) is 6.61 Å². The fraction of sp³-hybridized carbons (Fsp3) is 0.667. The summed E-state index contributed by atoms with van der Waals surface area (Å²) in [6.07, 6.45) is 16.0. The van der Waals surface area contributed by atoms with Gasteiger partial charge in [0.15, 0.2) is 0 Å². The monoisotopic (exact) mass is 450 g/mol.